The third kappa shape index (κ3) is 4.82. The maximum atomic E-state index is 11.0. The molecular formula is C9H16O2. The van der Waals surface area contributed by atoms with Gasteiger partial charge in [-0.1, -0.05) is 20.8 Å². The van der Waals surface area contributed by atoms with E-state index in [9.17, 15) is 4.79 Å². The van der Waals surface area contributed by atoms with Gasteiger partial charge in [0, 0.05) is 0 Å². The summed E-state index contributed by atoms with van der Waals surface area (Å²) in [5.74, 6) is -0.221. The van der Waals surface area contributed by atoms with E-state index < -0.39 is 0 Å². The fraction of sp³-hybridized carbons (Fsp3) is 0.778. The van der Waals surface area contributed by atoms with E-state index in [2.05, 4.69) is 0 Å². The van der Waals surface area contributed by atoms with Crippen LogP contribution >= 0.6 is 0 Å². The fourth-order valence-electron chi connectivity index (χ4n) is 0.523. The van der Waals surface area contributed by atoms with Gasteiger partial charge in [-0.2, -0.15) is 0 Å². The van der Waals surface area contributed by atoms with Crippen LogP contribution in [0.25, 0.3) is 0 Å². The average molecular weight is 156 g/mol. The maximum Gasteiger partial charge on any atom is 0.308 e. The predicted molar refractivity (Wildman–Crippen MR) is 43.9 cm³/mol. The van der Waals surface area contributed by atoms with Crippen molar-refractivity contribution in [2.24, 2.45) is 11.8 Å². The molecule has 2 atom stereocenters. The summed E-state index contributed by atoms with van der Waals surface area (Å²) in [6.07, 6.45) is 0.817. The van der Waals surface area contributed by atoms with Gasteiger partial charge < -0.3 is 4.74 Å². The molecule has 0 N–H and O–H groups in total. The summed E-state index contributed by atoms with van der Waals surface area (Å²) in [4.78, 5) is 11.0. The lowest BCUT2D eigenvalue weighted by Crippen LogP contribution is -2.16. The van der Waals surface area contributed by atoms with Gasteiger partial charge in [0.15, 0.2) is 0 Å². The molecule has 0 fully saturated rings. The Labute approximate surface area is 68.9 Å². The first-order valence-corrected chi connectivity index (χ1v) is 4.00. The van der Waals surface area contributed by atoms with Crippen LogP contribution in [0.2, 0.25) is 0 Å². The standard InChI is InChI=1S/C9H16O2/c1-5-8(4)9(10)11-6-7(2)3/h2,7-8H,5-6H2,1,3-4H3. The normalized spacial score (nSPS) is 13.2. The minimum atomic E-state index is -0.148. The molecule has 0 aromatic rings. The van der Waals surface area contributed by atoms with Gasteiger partial charge in [0.2, 0.25) is 0 Å². The third-order valence-electron chi connectivity index (χ3n) is 1.50. The zero-order valence-corrected chi connectivity index (χ0v) is 7.46. The predicted octanol–water partition coefficient (Wildman–Crippen LogP) is 1.92. The van der Waals surface area contributed by atoms with Crippen molar-refractivity contribution >= 4 is 5.97 Å². The van der Waals surface area contributed by atoms with Crippen molar-refractivity contribution in [3.05, 3.63) is 6.92 Å². The largest absolute Gasteiger partial charge is 0.465 e. The number of hydrogen-bond donors (Lipinski definition) is 0. The van der Waals surface area contributed by atoms with E-state index in [1.807, 2.05) is 20.8 Å². The van der Waals surface area contributed by atoms with Gasteiger partial charge in [0.1, 0.15) is 0 Å². The van der Waals surface area contributed by atoms with Crippen LogP contribution < -0.4 is 0 Å². The highest BCUT2D eigenvalue weighted by Crippen LogP contribution is 2.04. The smallest absolute Gasteiger partial charge is 0.308 e. The molecule has 11 heavy (non-hydrogen) atoms. The molecule has 0 aliphatic carbocycles. The summed E-state index contributed by atoms with van der Waals surface area (Å²) in [5.41, 5.74) is 0. The Morgan fingerprint density at radius 2 is 2.09 bits per heavy atom. The molecule has 2 unspecified atom stereocenters. The SMILES string of the molecule is [CH]C(C)COC(=O)C(C)CC. The summed E-state index contributed by atoms with van der Waals surface area (Å²) in [6, 6.07) is 0. The van der Waals surface area contributed by atoms with Gasteiger partial charge in [-0.15, -0.1) is 0 Å². The Balaban J connectivity index is 3.52. The van der Waals surface area contributed by atoms with Gasteiger partial charge in [-0.25, -0.2) is 0 Å². The van der Waals surface area contributed by atoms with Crippen LogP contribution in [0, 0.1) is 18.8 Å². The first kappa shape index (κ1) is 10.5. The second-order valence-corrected chi connectivity index (χ2v) is 2.92. The van der Waals surface area contributed by atoms with Crippen LogP contribution in [0.4, 0.5) is 0 Å². The van der Waals surface area contributed by atoms with E-state index in [0.717, 1.165) is 6.42 Å². The molecular weight excluding hydrogens is 140 g/mol. The molecule has 0 amide bonds. The molecule has 0 aromatic heterocycles. The van der Waals surface area contributed by atoms with Crippen molar-refractivity contribution in [1.82, 2.24) is 0 Å². The Hall–Kier alpha value is -0.530. The van der Waals surface area contributed by atoms with Crippen molar-refractivity contribution in [3.63, 3.8) is 0 Å². The highest BCUT2D eigenvalue weighted by molar-refractivity contribution is 5.71. The van der Waals surface area contributed by atoms with Gasteiger partial charge in [0.25, 0.3) is 0 Å². The third-order valence-corrected chi connectivity index (χ3v) is 1.50. The van der Waals surface area contributed by atoms with E-state index in [4.69, 9.17) is 11.7 Å². The number of hydrogen-bond acceptors (Lipinski definition) is 2. The molecule has 2 nitrogen and oxygen atoms in total. The molecule has 0 aliphatic heterocycles. The van der Waals surface area contributed by atoms with E-state index in [-0.39, 0.29) is 17.8 Å². The van der Waals surface area contributed by atoms with Crippen molar-refractivity contribution in [1.29, 1.82) is 0 Å². The van der Waals surface area contributed by atoms with Crippen LogP contribution in [0.15, 0.2) is 0 Å². The summed E-state index contributed by atoms with van der Waals surface area (Å²) >= 11 is 0. The molecule has 0 spiro atoms. The number of ether oxygens (including phenoxy) is 1. The van der Waals surface area contributed by atoms with Crippen LogP contribution in [-0.4, -0.2) is 12.6 Å². The second-order valence-electron chi connectivity index (χ2n) is 2.92. The first-order valence-electron chi connectivity index (χ1n) is 4.00. The van der Waals surface area contributed by atoms with E-state index in [1.165, 1.54) is 0 Å². The Morgan fingerprint density at radius 3 is 2.45 bits per heavy atom. The molecule has 0 saturated heterocycles. The van der Waals surface area contributed by atoms with Crippen LogP contribution in [0.5, 0.6) is 0 Å². The van der Waals surface area contributed by atoms with Crippen molar-refractivity contribution in [2.75, 3.05) is 6.61 Å². The summed E-state index contributed by atoms with van der Waals surface area (Å²) in [6.45, 7) is 11.3. The molecule has 0 bridgehead atoms. The average Bonchev–Trinajstić information content (AvgIpc) is 1.98. The van der Waals surface area contributed by atoms with Crippen LogP contribution in [0.1, 0.15) is 27.2 Å². The molecule has 64 valence electrons. The molecule has 0 aliphatic rings. The fourth-order valence-corrected chi connectivity index (χ4v) is 0.523. The van der Waals surface area contributed by atoms with E-state index >= 15 is 0 Å². The number of esters is 1. The lowest BCUT2D eigenvalue weighted by atomic mass is 10.1. The number of rotatable bonds is 4. The quantitative estimate of drug-likeness (QED) is 0.581. The van der Waals surface area contributed by atoms with E-state index in [1.54, 1.807) is 0 Å². The van der Waals surface area contributed by atoms with Gasteiger partial charge in [-0.05, 0) is 19.3 Å². The Kier molecular flexibility index (Phi) is 4.92. The number of carbonyl (C=O) groups is 1. The summed E-state index contributed by atoms with van der Waals surface area (Å²) in [5, 5.41) is 0. The molecule has 0 rings (SSSR count). The van der Waals surface area contributed by atoms with Gasteiger partial charge in [0.05, 0.1) is 12.5 Å². The summed E-state index contributed by atoms with van der Waals surface area (Å²) < 4.78 is 4.89. The molecule has 0 aromatic carbocycles. The topological polar surface area (TPSA) is 26.3 Å². The van der Waals surface area contributed by atoms with Gasteiger partial charge >= 0.3 is 5.97 Å². The lowest BCUT2D eigenvalue weighted by Gasteiger charge is -2.10. The van der Waals surface area contributed by atoms with Gasteiger partial charge in [-0.3, -0.25) is 4.79 Å². The zero-order chi connectivity index (χ0) is 8.85. The highest BCUT2D eigenvalue weighted by atomic mass is 16.5. The summed E-state index contributed by atoms with van der Waals surface area (Å²) in [7, 11) is 0. The minimum Gasteiger partial charge on any atom is -0.465 e. The highest BCUT2D eigenvalue weighted by Gasteiger charge is 2.11. The Bertz CT molecular complexity index is 119. The van der Waals surface area contributed by atoms with Crippen LogP contribution in [0.3, 0.4) is 0 Å². The minimum absolute atomic E-state index is 0.00579. The maximum absolute atomic E-state index is 11.0. The Morgan fingerprint density at radius 1 is 1.55 bits per heavy atom. The first-order chi connectivity index (χ1) is 5.07. The van der Waals surface area contributed by atoms with Crippen LogP contribution in [-0.2, 0) is 9.53 Å². The molecule has 0 heterocycles. The van der Waals surface area contributed by atoms with E-state index in [0.29, 0.717) is 6.61 Å². The number of carbonyl (C=O) groups excluding carboxylic acids is 1. The molecule has 2 radical (unpaired) electrons. The van der Waals surface area contributed by atoms with Crippen molar-refractivity contribution < 1.29 is 9.53 Å². The van der Waals surface area contributed by atoms with Crippen molar-refractivity contribution in [2.45, 2.75) is 27.2 Å². The lowest BCUT2D eigenvalue weighted by molar-refractivity contribution is -0.148. The molecule has 2 heteroatoms. The second kappa shape index (κ2) is 5.16. The monoisotopic (exact) mass is 156 g/mol. The van der Waals surface area contributed by atoms with Crippen molar-refractivity contribution in [3.8, 4) is 0 Å². The zero-order valence-electron chi connectivity index (χ0n) is 7.46. The molecule has 0 saturated carbocycles.